The normalized spacial score (nSPS) is 11.0. The number of methoxy groups -OCH3 is 1. The highest BCUT2D eigenvalue weighted by Crippen LogP contribution is 2.29. The van der Waals surface area contributed by atoms with Crippen LogP contribution in [0.4, 0.5) is 5.69 Å². The molecule has 7 nitrogen and oxygen atoms in total. The first-order valence-electron chi connectivity index (χ1n) is 6.17. The van der Waals surface area contributed by atoms with Crippen molar-refractivity contribution in [2.24, 2.45) is 0 Å². The van der Waals surface area contributed by atoms with Crippen molar-refractivity contribution in [1.29, 1.82) is 0 Å². The van der Waals surface area contributed by atoms with Crippen molar-refractivity contribution in [2.75, 3.05) is 11.8 Å². The lowest BCUT2D eigenvalue weighted by Gasteiger charge is -2.11. The standard InChI is InChI=1S/C14H12BrNO6S/c1-22-13-5-3-9(7-11(13)15)23(20,21)16-8-2-4-12(17)10(6-8)14(18)19/h2-7,16-17H,1H3,(H,18,19). The average molecular weight is 402 g/mol. The highest BCUT2D eigenvalue weighted by Gasteiger charge is 2.18. The predicted octanol–water partition coefficient (Wildman–Crippen LogP) is 2.66. The van der Waals surface area contributed by atoms with Crippen LogP contribution in [0.1, 0.15) is 10.4 Å². The van der Waals surface area contributed by atoms with E-state index in [0.717, 1.165) is 12.1 Å². The summed E-state index contributed by atoms with van der Waals surface area (Å²) in [5.41, 5.74) is -0.381. The summed E-state index contributed by atoms with van der Waals surface area (Å²) in [6.07, 6.45) is 0. The topological polar surface area (TPSA) is 113 Å². The third kappa shape index (κ3) is 3.74. The molecule has 0 aromatic heterocycles. The lowest BCUT2D eigenvalue weighted by atomic mass is 10.2. The van der Waals surface area contributed by atoms with Gasteiger partial charge in [-0.15, -0.1) is 0 Å². The molecule has 0 unspecified atom stereocenters. The smallest absolute Gasteiger partial charge is 0.339 e. The van der Waals surface area contributed by atoms with E-state index in [9.17, 15) is 18.3 Å². The molecule has 0 radical (unpaired) electrons. The number of halogens is 1. The Morgan fingerprint density at radius 3 is 2.48 bits per heavy atom. The molecule has 23 heavy (non-hydrogen) atoms. The Morgan fingerprint density at radius 2 is 1.91 bits per heavy atom. The van der Waals surface area contributed by atoms with Gasteiger partial charge in [-0.05, 0) is 52.3 Å². The molecule has 9 heteroatoms. The van der Waals surface area contributed by atoms with Crippen LogP contribution in [0.5, 0.6) is 11.5 Å². The molecule has 0 spiro atoms. The summed E-state index contributed by atoms with van der Waals surface area (Å²) in [6, 6.07) is 7.60. The van der Waals surface area contributed by atoms with E-state index in [1.54, 1.807) is 0 Å². The van der Waals surface area contributed by atoms with Crippen molar-refractivity contribution >= 4 is 37.6 Å². The maximum Gasteiger partial charge on any atom is 0.339 e. The highest BCUT2D eigenvalue weighted by atomic mass is 79.9. The molecule has 0 fully saturated rings. The number of aromatic hydroxyl groups is 1. The summed E-state index contributed by atoms with van der Waals surface area (Å²) >= 11 is 3.20. The molecular weight excluding hydrogens is 390 g/mol. The van der Waals surface area contributed by atoms with Crippen molar-refractivity contribution in [1.82, 2.24) is 0 Å². The van der Waals surface area contributed by atoms with Crippen LogP contribution in [0.2, 0.25) is 0 Å². The third-order valence-corrected chi connectivity index (χ3v) is 4.91. The molecule has 0 saturated heterocycles. The van der Waals surface area contributed by atoms with Crippen molar-refractivity contribution < 1.29 is 28.2 Å². The van der Waals surface area contributed by atoms with Gasteiger partial charge in [0.1, 0.15) is 17.1 Å². The van der Waals surface area contributed by atoms with Gasteiger partial charge < -0.3 is 14.9 Å². The number of carboxylic acid groups (broad SMARTS) is 1. The zero-order valence-electron chi connectivity index (χ0n) is 11.8. The van der Waals surface area contributed by atoms with E-state index in [1.165, 1.54) is 31.4 Å². The Hall–Kier alpha value is -2.26. The fourth-order valence-electron chi connectivity index (χ4n) is 1.80. The molecular formula is C14H12BrNO6S. The van der Waals surface area contributed by atoms with E-state index in [0.29, 0.717) is 10.2 Å². The molecule has 122 valence electrons. The second kappa shape index (κ2) is 6.47. The summed E-state index contributed by atoms with van der Waals surface area (Å²) < 4.78 is 32.4. The number of hydrogen-bond donors (Lipinski definition) is 3. The predicted molar refractivity (Wildman–Crippen MR) is 86.6 cm³/mol. The van der Waals surface area contributed by atoms with E-state index in [2.05, 4.69) is 20.7 Å². The van der Waals surface area contributed by atoms with Crippen LogP contribution in [0.15, 0.2) is 45.8 Å². The Bertz CT molecular complexity index is 866. The molecule has 0 aliphatic carbocycles. The van der Waals surface area contributed by atoms with Gasteiger partial charge in [0.2, 0.25) is 0 Å². The van der Waals surface area contributed by atoms with Crippen LogP contribution in [-0.2, 0) is 10.0 Å². The molecule has 0 saturated carbocycles. The number of carboxylic acids is 1. The highest BCUT2D eigenvalue weighted by molar-refractivity contribution is 9.10. The maximum absolute atomic E-state index is 12.3. The van der Waals surface area contributed by atoms with Gasteiger partial charge in [0, 0.05) is 5.69 Å². The number of rotatable bonds is 5. The van der Waals surface area contributed by atoms with E-state index >= 15 is 0 Å². The quantitative estimate of drug-likeness (QED) is 0.663. The van der Waals surface area contributed by atoms with Crippen molar-refractivity contribution in [3.05, 3.63) is 46.4 Å². The molecule has 0 aliphatic rings. The largest absolute Gasteiger partial charge is 0.507 e. The Morgan fingerprint density at radius 1 is 1.22 bits per heavy atom. The van der Waals surface area contributed by atoms with Crippen molar-refractivity contribution in [3.63, 3.8) is 0 Å². The molecule has 2 aromatic rings. The SMILES string of the molecule is COc1ccc(S(=O)(=O)Nc2ccc(O)c(C(=O)O)c2)cc1Br. The molecule has 2 rings (SSSR count). The van der Waals surface area contributed by atoms with Crippen LogP contribution in [0, 0.1) is 0 Å². The summed E-state index contributed by atoms with van der Waals surface area (Å²) in [4.78, 5) is 10.9. The first kappa shape index (κ1) is 17.1. The van der Waals surface area contributed by atoms with E-state index in [1.807, 2.05) is 0 Å². The van der Waals surface area contributed by atoms with Gasteiger partial charge in [-0.25, -0.2) is 13.2 Å². The van der Waals surface area contributed by atoms with Gasteiger partial charge in [-0.1, -0.05) is 0 Å². The van der Waals surface area contributed by atoms with Crippen molar-refractivity contribution in [2.45, 2.75) is 4.90 Å². The second-order valence-electron chi connectivity index (χ2n) is 4.44. The molecule has 3 N–H and O–H groups in total. The number of ether oxygens (including phenoxy) is 1. The lowest BCUT2D eigenvalue weighted by molar-refractivity contribution is 0.0693. The van der Waals surface area contributed by atoms with Gasteiger partial charge in [0.15, 0.2) is 0 Å². The van der Waals surface area contributed by atoms with E-state index in [4.69, 9.17) is 9.84 Å². The fraction of sp³-hybridized carbons (Fsp3) is 0.0714. The summed E-state index contributed by atoms with van der Waals surface area (Å²) in [5, 5.41) is 18.4. The van der Waals surface area contributed by atoms with Gasteiger partial charge in [0.05, 0.1) is 16.5 Å². The summed E-state index contributed by atoms with van der Waals surface area (Å²) in [7, 11) is -2.47. The number of phenols is 1. The van der Waals surface area contributed by atoms with Crippen LogP contribution in [0.25, 0.3) is 0 Å². The minimum Gasteiger partial charge on any atom is -0.507 e. The van der Waals surface area contributed by atoms with E-state index in [-0.39, 0.29) is 10.6 Å². The maximum atomic E-state index is 12.3. The number of sulfonamides is 1. The van der Waals surface area contributed by atoms with Gasteiger partial charge in [0.25, 0.3) is 10.0 Å². The first-order chi connectivity index (χ1) is 10.7. The zero-order valence-corrected chi connectivity index (χ0v) is 14.2. The second-order valence-corrected chi connectivity index (χ2v) is 6.98. The number of hydrogen-bond acceptors (Lipinski definition) is 5. The number of benzene rings is 2. The molecule has 0 amide bonds. The number of nitrogens with one attached hydrogen (secondary N) is 1. The van der Waals surface area contributed by atoms with Crippen LogP contribution in [0.3, 0.4) is 0 Å². The van der Waals surface area contributed by atoms with Crippen LogP contribution in [-0.4, -0.2) is 31.7 Å². The third-order valence-electron chi connectivity index (χ3n) is 2.91. The molecule has 2 aromatic carbocycles. The van der Waals surface area contributed by atoms with Gasteiger partial charge >= 0.3 is 5.97 Å². The molecule has 0 heterocycles. The molecule has 0 atom stereocenters. The minimum atomic E-state index is -3.93. The summed E-state index contributed by atoms with van der Waals surface area (Å²) in [6.45, 7) is 0. The Kier molecular flexibility index (Phi) is 4.81. The zero-order chi connectivity index (χ0) is 17.2. The Labute approximate surface area is 140 Å². The fourth-order valence-corrected chi connectivity index (χ4v) is 3.57. The van der Waals surface area contributed by atoms with Crippen molar-refractivity contribution in [3.8, 4) is 11.5 Å². The number of aromatic carboxylic acids is 1. The molecule has 0 bridgehead atoms. The lowest BCUT2D eigenvalue weighted by Crippen LogP contribution is -2.13. The monoisotopic (exact) mass is 401 g/mol. The van der Waals surface area contributed by atoms with Crippen LogP contribution >= 0.6 is 15.9 Å². The van der Waals surface area contributed by atoms with E-state index < -0.39 is 27.3 Å². The summed E-state index contributed by atoms with van der Waals surface area (Å²) in [5.74, 6) is -1.34. The first-order valence-corrected chi connectivity index (χ1v) is 8.45. The van der Waals surface area contributed by atoms with Gasteiger partial charge in [-0.2, -0.15) is 0 Å². The Balaban J connectivity index is 2.37. The average Bonchev–Trinajstić information content (AvgIpc) is 2.48. The number of carbonyl (C=O) groups is 1. The number of anilines is 1. The van der Waals surface area contributed by atoms with Crippen LogP contribution < -0.4 is 9.46 Å². The molecule has 0 aliphatic heterocycles. The van der Waals surface area contributed by atoms with Gasteiger partial charge in [-0.3, -0.25) is 4.72 Å². The minimum absolute atomic E-state index is 0.0205.